The zero-order valence-corrected chi connectivity index (χ0v) is 21.7. The maximum absolute atomic E-state index is 13.1. The van der Waals surface area contributed by atoms with Crippen molar-refractivity contribution in [1.82, 2.24) is 14.7 Å². The van der Waals surface area contributed by atoms with Crippen LogP contribution in [0.15, 0.2) is 48.5 Å². The Morgan fingerprint density at radius 2 is 1.71 bits per heavy atom. The number of benzene rings is 2. The first-order valence-corrected chi connectivity index (χ1v) is 12.0. The molecule has 0 aliphatic carbocycles. The Labute approximate surface area is 210 Å². The molecule has 6 nitrogen and oxygen atoms in total. The van der Waals surface area contributed by atoms with Crippen molar-refractivity contribution < 1.29 is 9.59 Å². The van der Waals surface area contributed by atoms with Gasteiger partial charge in [0, 0.05) is 33.6 Å². The van der Waals surface area contributed by atoms with E-state index in [1.165, 1.54) is 4.90 Å². The molecule has 0 fully saturated rings. The van der Waals surface area contributed by atoms with Crippen LogP contribution in [-0.2, 0) is 10.2 Å². The van der Waals surface area contributed by atoms with Gasteiger partial charge in [-0.2, -0.15) is 5.10 Å². The second-order valence-corrected chi connectivity index (χ2v) is 10.2. The molecule has 0 radical (unpaired) electrons. The van der Waals surface area contributed by atoms with Gasteiger partial charge in [0.2, 0.25) is 5.91 Å². The lowest BCUT2D eigenvalue weighted by molar-refractivity contribution is -0.116. The Hall–Kier alpha value is -2.83. The molecule has 0 spiro atoms. The van der Waals surface area contributed by atoms with Crippen LogP contribution in [0, 0.1) is 6.92 Å². The maximum Gasteiger partial charge on any atom is 0.254 e. The smallest absolute Gasteiger partial charge is 0.254 e. The minimum absolute atomic E-state index is 0.111. The van der Waals surface area contributed by atoms with Crippen molar-refractivity contribution in [3.63, 3.8) is 0 Å². The van der Waals surface area contributed by atoms with Gasteiger partial charge < -0.3 is 10.2 Å². The number of hydrogen-bond acceptors (Lipinski definition) is 3. The number of aromatic nitrogens is 2. The summed E-state index contributed by atoms with van der Waals surface area (Å²) in [5.74, 6) is -0.0618. The molecule has 3 aromatic rings. The Kier molecular flexibility index (Phi) is 8.05. The number of nitrogens with zero attached hydrogens (tertiary/aromatic N) is 3. The normalized spacial score (nSPS) is 11.4. The number of rotatable bonds is 7. The molecular weight excluding hydrogens is 471 g/mol. The SMILES string of the molecule is CCCN(CC(=O)Nc1cc(C(C)(C)C)nn1-c1ccccc1C)C(=O)c1cc(Cl)cc(Cl)c1. The minimum atomic E-state index is -0.315. The van der Waals surface area contributed by atoms with Gasteiger partial charge in [0.05, 0.1) is 11.4 Å². The van der Waals surface area contributed by atoms with Crippen LogP contribution in [0.2, 0.25) is 10.0 Å². The van der Waals surface area contributed by atoms with Crippen LogP contribution < -0.4 is 5.32 Å². The number of amides is 2. The second-order valence-electron chi connectivity index (χ2n) is 9.30. The second kappa shape index (κ2) is 10.6. The van der Waals surface area contributed by atoms with E-state index in [-0.39, 0.29) is 23.8 Å². The molecule has 0 unspecified atom stereocenters. The summed E-state index contributed by atoms with van der Waals surface area (Å²) >= 11 is 12.1. The van der Waals surface area contributed by atoms with E-state index < -0.39 is 0 Å². The number of anilines is 1. The van der Waals surface area contributed by atoms with Gasteiger partial charge in [-0.25, -0.2) is 4.68 Å². The molecule has 0 bridgehead atoms. The third-order valence-electron chi connectivity index (χ3n) is 5.31. The lowest BCUT2D eigenvalue weighted by atomic mass is 9.92. The Morgan fingerprint density at radius 3 is 2.29 bits per heavy atom. The van der Waals surface area contributed by atoms with Gasteiger partial charge in [-0.3, -0.25) is 9.59 Å². The molecular formula is C26H30Cl2N4O2. The molecule has 180 valence electrons. The molecule has 2 amide bonds. The molecule has 34 heavy (non-hydrogen) atoms. The number of hydrogen-bond donors (Lipinski definition) is 1. The van der Waals surface area contributed by atoms with Crippen LogP contribution >= 0.6 is 23.2 Å². The summed E-state index contributed by atoms with van der Waals surface area (Å²) in [5.41, 5.74) is 2.90. The van der Waals surface area contributed by atoms with Gasteiger partial charge >= 0.3 is 0 Å². The number of para-hydroxylation sites is 1. The first-order valence-electron chi connectivity index (χ1n) is 11.2. The van der Waals surface area contributed by atoms with Crippen molar-refractivity contribution in [2.75, 3.05) is 18.4 Å². The van der Waals surface area contributed by atoms with E-state index in [0.717, 1.165) is 16.9 Å². The number of nitrogens with one attached hydrogen (secondary N) is 1. The zero-order chi connectivity index (χ0) is 25.0. The topological polar surface area (TPSA) is 67.2 Å². The summed E-state index contributed by atoms with van der Waals surface area (Å²) in [6.45, 7) is 10.5. The summed E-state index contributed by atoms with van der Waals surface area (Å²) in [5, 5.41) is 8.48. The number of carbonyl (C=O) groups excluding carboxylic acids is 2. The molecule has 3 rings (SSSR count). The summed E-state index contributed by atoms with van der Waals surface area (Å²) in [6.07, 6.45) is 0.697. The van der Waals surface area contributed by atoms with Crippen molar-refractivity contribution in [3.8, 4) is 5.69 Å². The Bertz CT molecular complexity index is 1180. The largest absolute Gasteiger partial charge is 0.329 e. The van der Waals surface area contributed by atoms with E-state index in [0.29, 0.717) is 34.4 Å². The molecule has 0 saturated carbocycles. The van der Waals surface area contributed by atoms with Gasteiger partial charge in [-0.15, -0.1) is 0 Å². The van der Waals surface area contributed by atoms with Gasteiger partial charge in [0.25, 0.3) is 5.91 Å². The molecule has 8 heteroatoms. The third-order valence-corrected chi connectivity index (χ3v) is 5.75. The molecule has 2 aromatic carbocycles. The van der Waals surface area contributed by atoms with Crippen LogP contribution in [0.3, 0.4) is 0 Å². The van der Waals surface area contributed by atoms with E-state index in [4.69, 9.17) is 28.3 Å². The maximum atomic E-state index is 13.1. The molecule has 1 aromatic heterocycles. The molecule has 0 saturated heterocycles. The van der Waals surface area contributed by atoms with Crippen LogP contribution in [0.25, 0.3) is 5.69 Å². The van der Waals surface area contributed by atoms with Crippen LogP contribution in [-0.4, -0.2) is 39.6 Å². The zero-order valence-electron chi connectivity index (χ0n) is 20.2. The predicted molar refractivity (Wildman–Crippen MR) is 138 cm³/mol. The fraction of sp³-hybridized carbons (Fsp3) is 0.346. The fourth-order valence-electron chi connectivity index (χ4n) is 3.56. The van der Waals surface area contributed by atoms with Crippen LogP contribution in [0.1, 0.15) is 55.7 Å². The van der Waals surface area contributed by atoms with E-state index in [2.05, 4.69) is 26.1 Å². The molecule has 1 heterocycles. The lowest BCUT2D eigenvalue weighted by Gasteiger charge is -2.22. The first-order chi connectivity index (χ1) is 16.0. The highest BCUT2D eigenvalue weighted by atomic mass is 35.5. The van der Waals surface area contributed by atoms with Crippen molar-refractivity contribution >= 4 is 40.8 Å². The molecule has 1 N–H and O–H groups in total. The van der Waals surface area contributed by atoms with Crippen molar-refractivity contribution in [3.05, 3.63) is 75.4 Å². The number of carbonyl (C=O) groups is 2. The molecule has 0 aliphatic rings. The van der Waals surface area contributed by atoms with Crippen molar-refractivity contribution in [2.45, 2.75) is 46.5 Å². The monoisotopic (exact) mass is 500 g/mol. The van der Waals surface area contributed by atoms with Gasteiger partial charge in [0.15, 0.2) is 0 Å². The Balaban J connectivity index is 1.88. The summed E-state index contributed by atoms with van der Waals surface area (Å²) in [4.78, 5) is 27.7. The average molecular weight is 501 g/mol. The standard InChI is InChI=1S/C26H30Cl2N4O2/c1-6-11-31(25(34)18-12-19(27)14-20(28)13-18)16-24(33)29-23-15-22(26(3,4)5)30-32(23)21-10-8-7-9-17(21)2/h7-10,12-15H,6,11,16H2,1-5H3,(H,29,33). The van der Waals surface area contributed by atoms with Gasteiger partial charge in [-0.1, -0.05) is 69.1 Å². The van der Waals surface area contributed by atoms with E-state index in [1.54, 1.807) is 22.9 Å². The third kappa shape index (κ3) is 6.19. The fourth-order valence-corrected chi connectivity index (χ4v) is 4.09. The lowest BCUT2D eigenvalue weighted by Crippen LogP contribution is -2.38. The molecule has 0 atom stereocenters. The minimum Gasteiger partial charge on any atom is -0.329 e. The highest BCUT2D eigenvalue weighted by molar-refractivity contribution is 6.35. The van der Waals surface area contributed by atoms with Crippen LogP contribution in [0.5, 0.6) is 0 Å². The quantitative estimate of drug-likeness (QED) is 0.415. The highest BCUT2D eigenvalue weighted by Gasteiger charge is 2.24. The Morgan fingerprint density at radius 1 is 1.06 bits per heavy atom. The highest BCUT2D eigenvalue weighted by Crippen LogP contribution is 2.27. The average Bonchev–Trinajstić information content (AvgIpc) is 3.16. The van der Waals surface area contributed by atoms with Crippen LogP contribution in [0.4, 0.5) is 5.82 Å². The number of aryl methyl sites for hydroxylation is 1. The van der Waals surface area contributed by atoms with Crippen molar-refractivity contribution in [2.24, 2.45) is 0 Å². The van der Waals surface area contributed by atoms with Gasteiger partial charge in [0.1, 0.15) is 12.4 Å². The van der Waals surface area contributed by atoms with Gasteiger partial charge in [-0.05, 0) is 43.2 Å². The summed E-state index contributed by atoms with van der Waals surface area (Å²) in [6, 6.07) is 14.4. The van der Waals surface area contributed by atoms with E-state index in [1.807, 2.05) is 44.2 Å². The van der Waals surface area contributed by atoms with E-state index >= 15 is 0 Å². The summed E-state index contributed by atoms with van der Waals surface area (Å²) in [7, 11) is 0. The number of halogens is 2. The first kappa shape index (κ1) is 25.8. The van der Waals surface area contributed by atoms with E-state index in [9.17, 15) is 9.59 Å². The van der Waals surface area contributed by atoms with Crippen molar-refractivity contribution in [1.29, 1.82) is 0 Å². The predicted octanol–water partition coefficient (Wildman–Crippen LogP) is 6.28. The summed E-state index contributed by atoms with van der Waals surface area (Å²) < 4.78 is 1.75. The molecule has 0 aliphatic heterocycles.